The lowest BCUT2D eigenvalue weighted by Crippen LogP contribution is -2.15. The number of hydrogen-bond acceptors (Lipinski definition) is 2. The Labute approximate surface area is 107 Å². The number of rotatable bonds is 4. The van der Waals surface area contributed by atoms with Crippen LogP contribution in [-0.4, -0.2) is 12.5 Å². The third-order valence-electron chi connectivity index (χ3n) is 2.69. The summed E-state index contributed by atoms with van der Waals surface area (Å²) in [5.41, 5.74) is 1.43. The Morgan fingerprint density at radius 2 is 2.17 bits per heavy atom. The molecule has 1 amide bonds. The number of allylic oxidation sites excluding steroid dienone is 2. The van der Waals surface area contributed by atoms with Gasteiger partial charge in [-0.15, -0.1) is 0 Å². The van der Waals surface area contributed by atoms with Gasteiger partial charge >= 0.3 is 0 Å². The largest absolute Gasteiger partial charge is 0.492 e. The van der Waals surface area contributed by atoms with Gasteiger partial charge < -0.3 is 10.1 Å². The summed E-state index contributed by atoms with van der Waals surface area (Å²) >= 11 is 0. The third kappa shape index (κ3) is 3.00. The maximum atomic E-state index is 12.0. The molecule has 1 aromatic rings. The SMILES string of the molecule is CCOc1ccccc1NC(=O)C1=CCCC=C1. The predicted molar refractivity (Wildman–Crippen MR) is 72.7 cm³/mol. The highest BCUT2D eigenvalue weighted by molar-refractivity contribution is 6.06. The molecule has 1 aromatic carbocycles. The van der Waals surface area contributed by atoms with Gasteiger partial charge in [-0.05, 0) is 31.9 Å². The van der Waals surface area contributed by atoms with Gasteiger partial charge in [-0.2, -0.15) is 0 Å². The van der Waals surface area contributed by atoms with Crippen LogP contribution >= 0.6 is 0 Å². The molecular weight excluding hydrogens is 226 g/mol. The van der Waals surface area contributed by atoms with E-state index in [4.69, 9.17) is 4.74 Å². The highest BCUT2D eigenvalue weighted by Gasteiger charge is 2.11. The first kappa shape index (κ1) is 12.4. The van der Waals surface area contributed by atoms with Crippen LogP contribution in [-0.2, 0) is 4.79 Å². The standard InChI is InChI=1S/C15H17NO2/c1-2-18-14-11-7-6-10-13(14)16-15(17)12-8-4-3-5-9-12/h4,6-11H,2-3,5H2,1H3,(H,16,17). The van der Waals surface area contributed by atoms with Crippen LogP contribution in [0.4, 0.5) is 5.69 Å². The van der Waals surface area contributed by atoms with Crippen molar-refractivity contribution in [2.45, 2.75) is 19.8 Å². The van der Waals surface area contributed by atoms with E-state index in [-0.39, 0.29) is 5.91 Å². The normalized spacial score (nSPS) is 13.9. The molecule has 3 heteroatoms. The number of carbonyl (C=O) groups is 1. The van der Waals surface area contributed by atoms with Gasteiger partial charge in [0.1, 0.15) is 5.75 Å². The number of nitrogens with one attached hydrogen (secondary N) is 1. The molecule has 94 valence electrons. The zero-order valence-electron chi connectivity index (χ0n) is 10.5. The molecule has 0 aromatic heterocycles. The molecule has 0 unspecified atom stereocenters. The van der Waals surface area contributed by atoms with Crippen LogP contribution in [0.3, 0.4) is 0 Å². The van der Waals surface area contributed by atoms with Gasteiger partial charge in [-0.3, -0.25) is 4.79 Å². The smallest absolute Gasteiger partial charge is 0.255 e. The highest BCUT2D eigenvalue weighted by Crippen LogP contribution is 2.24. The van der Waals surface area contributed by atoms with Crippen LogP contribution in [0.5, 0.6) is 5.75 Å². The van der Waals surface area contributed by atoms with E-state index >= 15 is 0 Å². The molecule has 0 spiro atoms. The van der Waals surface area contributed by atoms with E-state index in [0.29, 0.717) is 23.6 Å². The van der Waals surface area contributed by atoms with E-state index in [1.165, 1.54) is 0 Å². The van der Waals surface area contributed by atoms with Crippen molar-refractivity contribution in [3.8, 4) is 5.75 Å². The first-order chi connectivity index (χ1) is 8.81. The zero-order valence-corrected chi connectivity index (χ0v) is 10.5. The van der Waals surface area contributed by atoms with Crippen LogP contribution in [0.2, 0.25) is 0 Å². The van der Waals surface area contributed by atoms with Gasteiger partial charge in [0.25, 0.3) is 5.91 Å². The Balaban J connectivity index is 2.11. The van der Waals surface area contributed by atoms with Gasteiger partial charge in [0.2, 0.25) is 0 Å². The Morgan fingerprint density at radius 3 is 2.89 bits per heavy atom. The minimum Gasteiger partial charge on any atom is -0.492 e. The van der Waals surface area contributed by atoms with Crippen molar-refractivity contribution in [2.24, 2.45) is 0 Å². The second kappa shape index (κ2) is 6.05. The third-order valence-corrected chi connectivity index (χ3v) is 2.69. The van der Waals surface area contributed by atoms with Crippen LogP contribution in [0.1, 0.15) is 19.8 Å². The summed E-state index contributed by atoms with van der Waals surface area (Å²) in [5.74, 6) is 0.617. The number of anilines is 1. The summed E-state index contributed by atoms with van der Waals surface area (Å²) < 4.78 is 5.47. The molecule has 0 fully saturated rings. The van der Waals surface area contributed by atoms with Crippen molar-refractivity contribution in [3.63, 3.8) is 0 Å². The molecule has 0 aliphatic heterocycles. The Morgan fingerprint density at radius 1 is 1.33 bits per heavy atom. The molecule has 0 bridgehead atoms. The molecule has 0 radical (unpaired) electrons. The van der Waals surface area contributed by atoms with Gasteiger partial charge in [0.05, 0.1) is 12.3 Å². The summed E-state index contributed by atoms with van der Waals surface area (Å²) in [6.07, 6.45) is 7.77. The quantitative estimate of drug-likeness (QED) is 0.881. The fourth-order valence-corrected chi connectivity index (χ4v) is 1.83. The first-order valence-corrected chi connectivity index (χ1v) is 6.21. The lowest BCUT2D eigenvalue weighted by atomic mass is 10.1. The predicted octanol–water partition coefficient (Wildman–Crippen LogP) is 3.30. The number of hydrogen-bond donors (Lipinski definition) is 1. The van der Waals surface area contributed by atoms with E-state index in [9.17, 15) is 4.79 Å². The molecule has 0 heterocycles. The topological polar surface area (TPSA) is 38.3 Å². The Kier molecular flexibility index (Phi) is 4.18. The van der Waals surface area contributed by atoms with E-state index in [1.54, 1.807) is 0 Å². The molecule has 2 rings (SSSR count). The Bertz CT molecular complexity index is 489. The number of carbonyl (C=O) groups excluding carboxylic acids is 1. The van der Waals surface area contributed by atoms with Crippen molar-refractivity contribution in [1.29, 1.82) is 0 Å². The van der Waals surface area contributed by atoms with E-state index in [0.717, 1.165) is 12.8 Å². The van der Waals surface area contributed by atoms with Crippen LogP contribution in [0.25, 0.3) is 0 Å². The van der Waals surface area contributed by atoms with E-state index in [2.05, 4.69) is 5.32 Å². The van der Waals surface area contributed by atoms with E-state index in [1.807, 2.05) is 49.4 Å². The number of para-hydroxylation sites is 2. The lowest BCUT2D eigenvalue weighted by Gasteiger charge is -2.12. The fraction of sp³-hybridized carbons (Fsp3) is 0.267. The van der Waals surface area contributed by atoms with Crippen molar-refractivity contribution in [1.82, 2.24) is 0 Å². The van der Waals surface area contributed by atoms with Crippen molar-refractivity contribution in [2.75, 3.05) is 11.9 Å². The number of benzene rings is 1. The van der Waals surface area contributed by atoms with Crippen LogP contribution in [0.15, 0.2) is 48.1 Å². The van der Waals surface area contributed by atoms with Gasteiger partial charge in [-0.1, -0.05) is 30.4 Å². The minimum absolute atomic E-state index is 0.0851. The molecular formula is C15H17NO2. The minimum atomic E-state index is -0.0851. The average molecular weight is 243 g/mol. The second-order valence-electron chi connectivity index (χ2n) is 4.02. The average Bonchev–Trinajstić information content (AvgIpc) is 2.42. The van der Waals surface area contributed by atoms with Gasteiger partial charge in [-0.25, -0.2) is 0 Å². The second-order valence-corrected chi connectivity index (χ2v) is 4.02. The van der Waals surface area contributed by atoms with Crippen molar-refractivity contribution < 1.29 is 9.53 Å². The van der Waals surface area contributed by atoms with Gasteiger partial charge in [0.15, 0.2) is 0 Å². The summed E-state index contributed by atoms with van der Waals surface area (Å²) in [6.45, 7) is 2.50. The molecule has 1 N–H and O–H groups in total. The molecule has 3 nitrogen and oxygen atoms in total. The van der Waals surface area contributed by atoms with Crippen molar-refractivity contribution in [3.05, 3.63) is 48.1 Å². The van der Waals surface area contributed by atoms with Crippen LogP contribution in [0, 0.1) is 0 Å². The maximum absolute atomic E-state index is 12.0. The van der Waals surface area contributed by atoms with Gasteiger partial charge in [0, 0.05) is 5.57 Å². The molecule has 0 atom stereocenters. The summed E-state index contributed by atoms with van der Waals surface area (Å²) in [6, 6.07) is 7.46. The number of ether oxygens (including phenoxy) is 1. The molecule has 0 saturated carbocycles. The summed E-state index contributed by atoms with van der Waals surface area (Å²) in [4.78, 5) is 12.0. The number of amides is 1. The fourth-order valence-electron chi connectivity index (χ4n) is 1.83. The summed E-state index contributed by atoms with van der Waals surface area (Å²) in [7, 11) is 0. The summed E-state index contributed by atoms with van der Waals surface area (Å²) in [5, 5.41) is 2.88. The Hall–Kier alpha value is -2.03. The van der Waals surface area contributed by atoms with E-state index < -0.39 is 0 Å². The molecule has 18 heavy (non-hydrogen) atoms. The molecule has 1 aliphatic carbocycles. The zero-order chi connectivity index (χ0) is 12.8. The van der Waals surface area contributed by atoms with Crippen LogP contribution < -0.4 is 10.1 Å². The molecule has 1 aliphatic rings. The highest BCUT2D eigenvalue weighted by atomic mass is 16.5. The molecule has 0 saturated heterocycles. The van der Waals surface area contributed by atoms with Crippen molar-refractivity contribution >= 4 is 11.6 Å². The first-order valence-electron chi connectivity index (χ1n) is 6.21. The maximum Gasteiger partial charge on any atom is 0.255 e. The monoisotopic (exact) mass is 243 g/mol. The lowest BCUT2D eigenvalue weighted by molar-refractivity contribution is -0.112.